The standard InChI is InChI=1S/C135H160B2N4O2Si/c1-122(2,3)84-40-44-89(45-41-84)138-108-54-43-85(123(4,5)6)71-107(108)137-117-95-75-102-103(133(29,30)60-59-132(102,27)28)77-114(95)142-121(117)141(91-47-52-98-101(74-91)131(25,26)58-56-129(98,21)22)113-67-83(66-111(138)119(113)137)94-50-37-80(63-99(94)127(16,17)18)79-135(33)62-61-134(31,32)104-78-115-96(76-105(104)135)116-120(143-115)140(90-46-51-97-100(73-90)130(23,24)57-55-128(97,19)20)112-65-82(81-38-48-93(49-39-81)144(34,35)36)64-110-118(112)136(116)106-53-42-86(124(7,8)9)72-109(106)139(110)92-69-87(125(10,11)12)68-88(70-92)126(13,14)15/h37-54,63-78H,55-62,79H2,1-36H3. The maximum atomic E-state index is 8.19. The van der Waals surface area contributed by atoms with Crippen LogP contribution >= 0.6 is 0 Å². The van der Waals surface area contributed by atoms with Crippen LogP contribution in [0.5, 0.6) is 0 Å². The smallest absolute Gasteiger partial charge is 0.257 e. The molecule has 4 aliphatic heterocycles. The minimum atomic E-state index is -1.68. The van der Waals surface area contributed by atoms with E-state index in [1.54, 1.807) is 0 Å². The highest BCUT2D eigenvalue weighted by Crippen LogP contribution is 2.60. The van der Waals surface area contributed by atoms with Gasteiger partial charge in [-0.15, -0.1) is 0 Å². The van der Waals surface area contributed by atoms with Crippen LogP contribution in [0.2, 0.25) is 19.6 Å². The van der Waals surface area contributed by atoms with Crippen molar-refractivity contribution >= 4 is 150 Å². The predicted octanol–water partition coefficient (Wildman–Crippen LogP) is 33.6. The number of furan rings is 2. The van der Waals surface area contributed by atoms with Gasteiger partial charge in [-0.05, 0) is 370 Å². The zero-order valence-corrected chi connectivity index (χ0v) is 95.3. The van der Waals surface area contributed by atoms with E-state index in [-0.39, 0.29) is 89.2 Å². The van der Waals surface area contributed by atoms with Crippen molar-refractivity contribution in [3.05, 3.63) is 290 Å². The molecular weight excluding hydrogens is 1760 g/mol. The molecule has 0 saturated carbocycles. The summed E-state index contributed by atoms with van der Waals surface area (Å²) in [7, 11) is -1.68. The molecule has 0 saturated heterocycles. The molecule has 2 aromatic heterocycles. The Morgan fingerprint density at radius 3 is 1.12 bits per heavy atom. The Labute approximate surface area is 866 Å². The highest BCUT2D eigenvalue weighted by Gasteiger charge is 2.54. The van der Waals surface area contributed by atoms with E-state index in [9.17, 15) is 0 Å². The Balaban J connectivity index is 0.771. The van der Waals surface area contributed by atoms with Crippen LogP contribution < -0.4 is 57.6 Å². The molecule has 9 heteroatoms. The molecule has 0 bridgehead atoms. The molecule has 1 atom stereocenters. The van der Waals surface area contributed by atoms with Gasteiger partial charge in [-0.2, -0.15) is 0 Å². The van der Waals surface area contributed by atoms with E-state index < -0.39 is 8.07 Å². The van der Waals surface area contributed by atoms with Crippen LogP contribution in [-0.2, 0) is 82.2 Å². The quantitative estimate of drug-likeness (QED) is 0.134. The third-order valence-corrected chi connectivity index (χ3v) is 38.9. The summed E-state index contributed by atoms with van der Waals surface area (Å²) in [6, 6.07) is 85.7. The minimum absolute atomic E-state index is 0.0105. The predicted molar refractivity (Wildman–Crippen MR) is 626 cm³/mol. The molecule has 8 aliphatic rings. The maximum Gasteiger partial charge on any atom is 0.257 e. The highest BCUT2D eigenvalue weighted by molar-refractivity contribution is 7.02. The third-order valence-electron chi connectivity index (χ3n) is 36.9. The van der Waals surface area contributed by atoms with Gasteiger partial charge in [0.05, 0.1) is 8.07 Å². The molecule has 22 rings (SSSR count). The monoisotopic (exact) mass is 1920 g/mol. The van der Waals surface area contributed by atoms with Gasteiger partial charge in [0.2, 0.25) is 11.8 Å². The number of anilines is 12. The first kappa shape index (κ1) is 98.0. The Bertz CT molecular complexity index is 7680. The molecule has 6 nitrogen and oxygen atoms in total. The fourth-order valence-corrected chi connectivity index (χ4v) is 28.1. The summed E-state index contributed by atoms with van der Waals surface area (Å²) in [4.78, 5) is 10.6. The molecule has 0 radical (unpaired) electrons. The molecule has 742 valence electrons. The average molecular weight is 1920 g/mol. The molecule has 0 spiro atoms. The lowest BCUT2D eigenvalue weighted by molar-refractivity contribution is 0.310. The number of hydrogen-bond acceptors (Lipinski definition) is 6. The van der Waals surface area contributed by atoms with Gasteiger partial charge in [-0.3, -0.25) is 9.80 Å². The van der Waals surface area contributed by atoms with Gasteiger partial charge in [-0.25, -0.2) is 0 Å². The van der Waals surface area contributed by atoms with E-state index >= 15 is 0 Å². The molecule has 0 fully saturated rings. The number of nitrogens with zero attached hydrogens (tertiary/aromatic N) is 4. The van der Waals surface area contributed by atoms with Crippen LogP contribution in [0.15, 0.2) is 215 Å². The Morgan fingerprint density at radius 2 is 0.660 bits per heavy atom. The van der Waals surface area contributed by atoms with Gasteiger partial charge in [0, 0.05) is 78.6 Å². The molecule has 6 heterocycles. The summed E-state index contributed by atoms with van der Waals surface area (Å²) in [5.74, 6) is 1.84. The molecule has 144 heavy (non-hydrogen) atoms. The first-order valence-electron chi connectivity index (χ1n) is 54.7. The topological polar surface area (TPSA) is 39.2 Å². The molecule has 1 unspecified atom stereocenters. The van der Waals surface area contributed by atoms with Gasteiger partial charge in [0.25, 0.3) is 13.4 Å². The van der Waals surface area contributed by atoms with Crippen molar-refractivity contribution in [1.29, 1.82) is 0 Å². The van der Waals surface area contributed by atoms with Crippen molar-refractivity contribution in [2.75, 3.05) is 19.6 Å². The van der Waals surface area contributed by atoms with Crippen molar-refractivity contribution in [3.63, 3.8) is 0 Å². The normalized spacial score (nSPS) is 19.2. The maximum absolute atomic E-state index is 8.19. The summed E-state index contributed by atoms with van der Waals surface area (Å²) < 4.78 is 16.2. The Morgan fingerprint density at radius 1 is 0.271 bits per heavy atom. The van der Waals surface area contributed by atoms with E-state index in [4.69, 9.17) is 8.83 Å². The summed E-state index contributed by atoms with van der Waals surface area (Å²) >= 11 is 0. The highest BCUT2D eigenvalue weighted by atomic mass is 28.3. The molecular formula is C135H160B2N4O2Si. The molecule has 0 amide bonds. The van der Waals surface area contributed by atoms with Crippen molar-refractivity contribution in [2.24, 2.45) is 0 Å². The van der Waals surface area contributed by atoms with E-state index in [0.717, 1.165) is 97.8 Å². The zero-order chi connectivity index (χ0) is 103. The Hall–Kier alpha value is -10.7. The Kier molecular flexibility index (Phi) is 21.5. The van der Waals surface area contributed by atoms with Gasteiger partial charge in [-0.1, -0.05) is 350 Å². The van der Waals surface area contributed by atoms with Gasteiger partial charge in [0.1, 0.15) is 11.2 Å². The van der Waals surface area contributed by atoms with Crippen LogP contribution in [-0.4, -0.2) is 21.5 Å². The lowest BCUT2D eigenvalue weighted by Crippen LogP contribution is -2.61. The van der Waals surface area contributed by atoms with Crippen LogP contribution in [0, 0.1) is 0 Å². The van der Waals surface area contributed by atoms with Gasteiger partial charge < -0.3 is 18.6 Å². The SMILES string of the molecule is CC(C)(C)c1ccc(N2c3ccc(C(C)(C)C)cc3B3c4c2cc(-c2ccc(CC5(C)CCC(C)(C)c6cc7oc8c(c7cc65)B5c6ccc(C(C)(C)C)cc6N(c6cc(C(C)(C)C)cc(C(C)(C)C)c6)c6cc(-c7ccc([Si](C)(C)C)cc7)cc(c65)N8c5ccc6c(c5)C(C)(C)CCC6(C)C)cc2C(C)(C)C)cc4N(c2ccc4c(c2)C(C)(C)CCC4(C)C)c2oc4cc5c(cc4c23)C(C)(C)CCC5(C)C)cc1. The summed E-state index contributed by atoms with van der Waals surface area (Å²) in [6.07, 6.45) is 9.63. The lowest BCUT2D eigenvalue weighted by Gasteiger charge is -2.45. The van der Waals surface area contributed by atoms with Crippen molar-refractivity contribution in [3.8, 4) is 22.3 Å². The fraction of sp³-hybridized carbons (Fsp3) is 0.437. The summed E-state index contributed by atoms with van der Waals surface area (Å²) in [5, 5.41) is 3.88. The van der Waals surface area contributed by atoms with Gasteiger partial charge >= 0.3 is 0 Å². The van der Waals surface area contributed by atoms with Crippen LogP contribution in [0.1, 0.15) is 363 Å². The molecule has 4 aliphatic carbocycles. The van der Waals surface area contributed by atoms with Crippen molar-refractivity contribution in [1.82, 2.24) is 0 Å². The molecule has 12 aromatic carbocycles. The van der Waals surface area contributed by atoms with E-state index in [1.807, 2.05) is 0 Å². The molecule has 14 aromatic rings. The number of rotatable bonds is 9. The number of fused-ring (bicyclic) bond motifs is 16. The number of hydrogen-bond donors (Lipinski definition) is 0. The lowest BCUT2D eigenvalue weighted by atomic mass is 9.33. The van der Waals surface area contributed by atoms with Crippen molar-refractivity contribution < 1.29 is 8.83 Å². The largest absolute Gasteiger partial charge is 0.440 e. The van der Waals surface area contributed by atoms with E-state index in [1.165, 1.54) is 194 Å². The molecule has 0 N–H and O–H groups in total. The first-order chi connectivity index (χ1) is 66.8. The van der Waals surface area contributed by atoms with Crippen LogP contribution in [0.4, 0.5) is 68.6 Å². The first-order valence-corrected chi connectivity index (χ1v) is 58.2. The van der Waals surface area contributed by atoms with Gasteiger partial charge in [0.15, 0.2) is 0 Å². The average Bonchev–Trinajstić information content (AvgIpc) is 1.41. The zero-order valence-electron chi connectivity index (χ0n) is 94.3. The number of benzene rings is 12. The van der Waals surface area contributed by atoms with Crippen LogP contribution in [0.25, 0.3) is 44.2 Å². The summed E-state index contributed by atoms with van der Waals surface area (Å²) in [6.45, 7) is 87.6. The fourth-order valence-electron chi connectivity index (χ4n) is 26.9. The van der Waals surface area contributed by atoms with Crippen LogP contribution in [0.3, 0.4) is 0 Å². The van der Waals surface area contributed by atoms with E-state index in [2.05, 4.69) is 474 Å². The summed E-state index contributed by atoms with van der Waals surface area (Å²) in [5.41, 5.74) is 45.5. The second-order valence-electron chi connectivity index (χ2n) is 57.9. The van der Waals surface area contributed by atoms with E-state index in [0.29, 0.717) is 0 Å². The minimum Gasteiger partial charge on any atom is -0.440 e. The second kappa shape index (κ2) is 31.7. The van der Waals surface area contributed by atoms with Crippen molar-refractivity contribution in [2.45, 2.75) is 382 Å². The second-order valence-corrected chi connectivity index (χ2v) is 63.0. The third kappa shape index (κ3) is 15.7.